The topological polar surface area (TPSA) is 88.0 Å². The van der Waals surface area contributed by atoms with Crippen LogP contribution < -0.4 is 14.8 Å². The van der Waals surface area contributed by atoms with Crippen LogP contribution in [-0.4, -0.2) is 42.0 Å². The second kappa shape index (κ2) is 12.8. The molecule has 1 saturated carbocycles. The zero-order chi connectivity index (χ0) is 25.3. The number of carboxylic acids is 1. The van der Waals surface area contributed by atoms with Gasteiger partial charge in [0.25, 0.3) is 0 Å². The molecule has 0 bridgehead atoms. The van der Waals surface area contributed by atoms with Crippen LogP contribution in [0.1, 0.15) is 54.1 Å². The lowest BCUT2D eigenvalue weighted by atomic mass is 9.97. The van der Waals surface area contributed by atoms with Crippen LogP contribution in [0.4, 0.5) is 0 Å². The maximum absolute atomic E-state index is 11.7. The summed E-state index contributed by atoms with van der Waals surface area (Å²) in [5.74, 6) is 0.180. The Balaban J connectivity index is 1.30. The van der Waals surface area contributed by atoms with Gasteiger partial charge in [-0.05, 0) is 78.8 Å². The van der Waals surface area contributed by atoms with E-state index in [1.165, 1.54) is 6.42 Å². The minimum atomic E-state index is -0.982. The molecule has 0 saturated heterocycles. The van der Waals surface area contributed by atoms with Crippen LogP contribution in [0.5, 0.6) is 11.5 Å². The minimum absolute atomic E-state index is 0.0723. The number of aromatic carboxylic acids is 1. The highest BCUT2D eigenvalue weighted by Gasteiger charge is 2.19. The molecule has 6 nitrogen and oxygen atoms in total. The van der Waals surface area contributed by atoms with Crippen molar-refractivity contribution in [1.29, 1.82) is 0 Å². The molecule has 1 aliphatic rings. The van der Waals surface area contributed by atoms with E-state index >= 15 is 0 Å². The number of ether oxygens (including phenoxy) is 2. The first-order valence-electron chi connectivity index (χ1n) is 12.4. The van der Waals surface area contributed by atoms with Gasteiger partial charge in [-0.1, -0.05) is 48.4 Å². The average Bonchev–Trinajstić information content (AvgIpc) is 2.89. The number of benzene rings is 3. The van der Waals surface area contributed by atoms with Crippen LogP contribution in [0, 0.1) is 0 Å². The number of aliphatic hydroxyl groups is 1. The average molecular weight is 510 g/mol. The van der Waals surface area contributed by atoms with E-state index in [1.54, 1.807) is 18.2 Å². The van der Waals surface area contributed by atoms with E-state index in [-0.39, 0.29) is 11.7 Å². The lowest BCUT2D eigenvalue weighted by molar-refractivity contribution is 0.0686. The number of hydrogen-bond acceptors (Lipinski definition) is 5. The second-order valence-electron chi connectivity index (χ2n) is 9.04. The number of nitrogens with one attached hydrogen (secondary N) is 1. The van der Waals surface area contributed by atoms with E-state index in [2.05, 4.69) is 5.32 Å². The molecule has 0 unspecified atom stereocenters. The highest BCUT2D eigenvalue weighted by atomic mass is 35.5. The van der Waals surface area contributed by atoms with Crippen molar-refractivity contribution >= 4 is 17.6 Å². The predicted octanol–water partition coefficient (Wildman–Crippen LogP) is 6.12. The molecule has 1 atom stereocenters. The summed E-state index contributed by atoms with van der Waals surface area (Å²) < 4.78 is 11.9. The van der Waals surface area contributed by atoms with Gasteiger partial charge in [-0.15, -0.1) is 0 Å². The Hall–Kier alpha value is -3.06. The SMILES string of the molecule is O=C(O)c1ccc(-c2ccc(OCCNC[C@H](O)c3cccc(Cl)c3)cc2)cc1OC1CCCCC1. The van der Waals surface area contributed by atoms with Gasteiger partial charge in [0.2, 0.25) is 0 Å². The van der Waals surface area contributed by atoms with Crippen LogP contribution in [-0.2, 0) is 0 Å². The largest absolute Gasteiger partial charge is 0.492 e. The highest BCUT2D eigenvalue weighted by Crippen LogP contribution is 2.31. The molecule has 1 fully saturated rings. The number of aliphatic hydroxyl groups excluding tert-OH is 1. The quantitative estimate of drug-likeness (QED) is 0.270. The molecule has 4 rings (SSSR count). The summed E-state index contributed by atoms with van der Waals surface area (Å²) in [6.45, 7) is 1.44. The molecule has 3 N–H and O–H groups in total. The molecule has 7 heteroatoms. The fraction of sp³-hybridized carbons (Fsp3) is 0.345. The normalized spacial score (nSPS) is 14.8. The number of halogens is 1. The number of hydrogen-bond donors (Lipinski definition) is 3. The Labute approximate surface area is 216 Å². The van der Waals surface area contributed by atoms with Gasteiger partial charge >= 0.3 is 5.97 Å². The van der Waals surface area contributed by atoms with Crippen molar-refractivity contribution in [3.8, 4) is 22.6 Å². The van der Waals surface area contributed by atoms with E-state index in [9.17, 15) is 15.0 Å². The molecular weight excluding hydrogens is 478 g/mol. The lowest BCUT2D eigenvalue weighted by Crippen LogP contribution is -2.26. The fourth-order valence-electron chi connectivity index (χ4n) is 4.39. The molecule has 0 aliphatic heterocycles. The van der Waals surface area contributed by atoms with E-state index in [1.807, 2.05) is 48.5 Å². The first-order valence-corrected chi connectivity index (χ1v) is 12.8. The third-order valence-corrected chi connectivity index (χ3v) is 6.60. The molecule has 0 radical (unpaired) electrons. The van der Waals surface area contributed by atoms with Crippen LogP contribution in [0.25, 0.3) is 11.1 Å². The highest BCUT2D eigenvalue weighted by molar-refractivity contribution is 6.30. The molecular formula is C29H32ClNO5. The Kier molecular flexibility index (Phi) is 9.23. The van der Waals surface area contributed by atoms with Crippen molar-refractivity contribution in [1.82, 2.24) is 5.32 Å². The zero-order valence-corrected chi connectivity index (χ0v) is 20.9. The van der Waals surface area contributed by atoms with Crippen molar-refractivity contribution < 1.29 is 24.5 Å². The van der Waals surface area contributed by atoms with Crippen molar-refractivity contribution in [2.45, 2.75) is 44.3 Å². The molecule has 3 aromatic carbocycles. The third kappa shape index (κ3) is 7.23. The van der Waals surface area contributed by atoms with Crippen LogP contribution >= 0.6 is 11.6 Å². The van der Waals surface area contributed by atoms with Gasteiger partial charge in [0.1, 0.15) is 23.7 Å². The van der Waals surface area contributed by atoms with Crippen LogP contribution in [0.3, 0.4) is 0 Å². The van der Waals surface area contributed by atoms with Crippen molar-refractivity contribution in [2.75, 3.05) is 19.7 Å². The van der Waals surface area contributed by atoms with Gasteiger partial charge < -0.3 is 25.0 Å². The van der Waals surface area contributed by atoms with Gasteiger partial charge in [-0.25, -0.2) is 4.79 Å². The minimum Gasteiger partial charge on any atom is -0.492 e. The van der Waals surface area contributed by atoms with Crippen molar-refractivity contribution in [3.05, 3.63) is 82.9 Å². The van der Waals surface area contributed by atoms with Gasteiger partial charge in [0.05, 0.1) is 12.2 Å². The smallest absolute Gasteiger partial charge is 0.339 e. The van der Waals surface area contributed by atoms with Crippen LogP contribution in [0.2, 0.25) is 5.02 Å². The van der Waals surface area contributed by atoms with Gasteiger partial charge in [-0.2, -0.15) is 0 Å². The first-order chi connectivity index (χ1) is 17.5. The predicted molar refractivity (Wildman–Crippen MR) is 141 cm³/mol. The molecule has 0 heterocycles. The molecule has 0 aromatic heterocycles. The summed E-state index contributed by atoms with van der Waals surface area (Å²) >= 11 is 5.98. The van der Waals surface area contributed by atoms with E-state index < -0.39 is 12.1 Å². The molecule has 0 spiro atoms. The summed E-state index contributed by atoms with van der Waals surface area (Å²) in [4.78, 5) is 11.7. The number of rotatable bonds is 11. The Morgan fingerprint density at radius 1 is 1.00 bits per heavy atom. The maximum Gasteiger partial charge on any atom is 0.339 e. The monoisotopic (exact) mass is 509 g/mol. The van der Waals surface area contributed by atoms with Gasteiger partial charge in [0, 0.05) is 18.1 Å². The summed E-state index contributed by atoms with van der Waals surface area (Å²) in [6.07, 6.45) is 4.80. The van der Waals surface area contributed by atoms with Crippen molar-refractivity contribution in [2.24, 2.45) is 0 Å². The van der Waals surface area contributed by atoms with E-state index in [0.717, 1.165) is 48.1 Å². The first kappa shape index (κ1) is 26.0. The van der Waals surface area contributed by atoms with Crippen LogP contribution in [0.15, 0.2) is 66.7 Å². The Bertz CT molecular complexity index is 1140. The fourth-order valence-corrected chi connectivity index (χ4v) is 4.59. The summed E-state index contributed by atoms with van der Waals surface area (Å²) in [5, 5.41) is 23.6. The summed E-state index contributed by atoms with van der Waals surface area (Å²) in [7, 11) is 0. The maximum atomic E-state index is 11.7. The summed E-state index contributed by atoms with van der Waals surface area (Å²) in [5.41, 5.74) is 2.82. The molecule has 1 aliphatic carbocycles. The Morgan fingerprint density at radius 3 is 2.47 bits per heavy atom. The number of carboxylic acid groups (broad SMARTS) is 1. The molecule has 190 valence electrons. The number of carbonyl (C=O) groups is 1. The van der Waals surface area contributed by atoms with E-state index in [4.69, 9.17) is 21.1 Å². The summed E-state index contributed by atoms with van der Waals surface area (Å²) in [6, 6.07) is 20.1. The Morgan fingerprint density at radius 2 is 1.75 bits per heavy atom. The van der Waals surface area contributed by atoms with E-state index in [0.29, 0.717) is 30.5 Å². The third-order valence-electron chi connectivity index (χ3n) is 6.36. The van der Waals surface area contributed by atoms with Gasteiger partial charge in [-0.3, -0.25) is 0 Å². The second-order valence-corrected chi connectivity index (χ2v) is 9.48. The van der Waals surface area contributed by atoms with Crippen molar-refractivity contribution in [3.63, 3.8) is 0 Å². The molecule has 3 aromatic rings. The lowest BCUT2D eigenvalue weighted by Gasteiger charge is -2.24. The standard InChI is InChI=1S/C29H32ClNO5/c30-23-6-4-5-22(17-23)27(32)19-31-15-16-35-24-12-9-20(10-13-24)21-11-14-26(29(33)34)28(18-21)36-25-7-2-1-3-8-25/h4-6,9-14,17-18,25,27,31-32H,1-3,7-8,15-16,19H2,(H,33,34)/t27-/m0/s1. The zero-order valence-electron chi connectivity index (χ0n) is 20.2. The molecule has 36 heavy (non-hydrogen) atoms. The molecule has 0 amide bonds. The van der Waals surface area contributed by atoms with Gasteiger partial charge in [0.15, 0.2) is 0 Å².